The second kappa shape index (κ2) is 16.8. The van der Waals surface area contributed by atoms with Gasteiger partial charge in [0.15, 0.2) is 0 Å². The van der Waals surface area contributed by atoms with E-state index in [-0.39, 0.29) is 0 Å². The van der Waals surface area contributed by atoms with E-state index >= 15 is 0 Å². The maximum Gasteiger partial charge on any atom is 0.0541 e. The molecule has 0 radical (unpaired) electrons. The summed E-state index contributed by atoms with van der Waals surface area (Å²) in [7, 11) is 0. The first kappa shape index (κ1) is 38.9. The zero-order valence-electron chi connectivity index (χ0n) is 36.3. The Labute approximate surface area is 385 Å². The maximum absolute atomic E-state index is 2.44. The molecule has 12 rings (SSSR count). The van der Waals surface area contributed by atoms with Gasteiger partial charge in [-0.1, -0.05) is 212 Å². The van der Waals surface area contributed by atoms with Crippen LogP contribution in [0.4, 0.5) is 17.1 Å². The van der Waals surface area contributed by atoms with Crippen molar-refractivity contribution in [3.8, 4) is 61.3 Å². The van der Waals surface area contributed by atoms with Crippen LogP contribution in [0.15, 0.2) is 267 Å². The predicted molar refractivity (Wildman–Crippen MR) is 280 cm³/mol. The standard InChI is InChI=1S/C64H44N2/c1-3-20-47(21-4-1)54-27-9-10-31-59(54)64-55(48-22-5-2-6-23-48)32-18-33-60(64)58-30-13-14-34-61(58)65(51-41-39-46(40-42-51)50-38-37-45-19-7-8-24-49(45)43-50)52-25-17-26-53(44-52)66-62-35-15-11-28-56(62)57-29-12-16-36-63(57)66/h1-44H. The number of rotatable bonds is 9. The summed E-state index contributed by atoms with van der Waals surface area (Å²) in [5.41, 5.74) is 18.5. The Morgan fingerprint density at radius 1 is 0.273 bits per heavy atom. The second-order valence-corrected chi connectivity index (χ2v) is 16.9. The predicted octanol–water partition coefficient (Wildman–Crippen LogP) is 17.7. The van der Waals surface area contributed by atoms with E-state index in [1.165, 1.54) is 77.1 Å². The molecule has 0 aliphatic carbocycles. The van der Waals surface area contributed by atoms with Crippen molar-refractivity contribution < 1.29 is 0 Å². The van der Waals surface area contributed by atoms with E-state index in [0.29, 0.717) is 0 Å². The van der Waals surface area contributed by atoms with Gasteiger partial charge in [-0.15, -0.1) is 0 Å². The van der Waals surface area contributed by atoms with Crippen LogP contribution >= 0.6 is 0 Å². The Hall–Kier alpha value is -8.72. The largest absolute Gasteiger partial charge is 0.310 e. The Bertz CT molecular complexity index is 3640. The SMILES string of the molecule is c1ccc(-c2ccccc2-c2c(-c3ccccc3)cccc2-c2ccccc2N(c2ccc(-c3ccc4ccccc4c3)cc2)c2cccc(-n3c4ccccc4c4ccccc43)c2)cc1. The van der Waals surface area contributed by atoms with Crippen molar-refractivity contribution in [2.75, 3.05) is 4.90 Å². The lowest BCUT2D eigenvalue weighted by atomic mass is 9.84. The maximum atomic E-state index is 2.44. The van der Waals surface area contributed by atoms with Crippen LogP contribution < -0.4 is 4.90 Å². The van der Waals surface area contributed by atoms with Gasteiger partial charge >= 0.3 is 0 Å². The van der Waals surface area contributed by atoms with Crippen LogP contribution in [0, 0.1) is 0 Å². The first-order chi connectivity index (χ1) is 32.8. The van der Waals surface area contributed by atoms with Crippen molar-refractivity contribution in [3.05, 3.63) is 267 Å². The molecule has 0 fully saturated rings. The number of hydrogen-bond donors (Lipinski definition) is 0. The molecule has 0 saturated carbocycles. The van der Waals surface area contributed by atoms with Gasteiger partial charge in [-0.2, -0.15) is 0 Å². The van der Waals surface area contributed by atoms with E-state index in [2.05, 4.69) is 276 Å². The molecule has 2 nitrogen and oxygen atoms in total. The fourth-order valence-corrected chi connectivity index (χ4v) is 9.96. The highest BCUT2D eigenvalue weighted by Crippen LogP contribution is 2.49. The molecular weight excluding hydrogens is 797 g/mol. The quantitative estimate of drug-likeness (QED) is 0.141. The first-order valence-electron chi connectivity index (χ1n) is 22.7. The molecule has 2 heteroatoms. The Balaban J connectivity index is 1.09. The number of hydrogen-bond acceptors (Lipinski definition) is 1. The number of benzene rings is 11. The monoisotopic (exact) mass is 840 g/mol. The first-order valence-corrected chi connectivity index (χ1v) is 22.7. The van der Waals surface area contributed by atoms with Crippen LogP contribution in [0.1, 0.15) is 0 Å². The van der Waals surface area contributed by atoms with Crippen LogP contribution in [-0.2, 0) is 0 Å². The van der Waals surface area contributed by atoms with Crippen LogP contribution in [0.3, 0.4) is 0 Å². The highest BCUT2D eigenvalue weighted by Gasteiger charge is 2.23. The number of anilines is 3. The molecule has 0 atom stereocenters. The molecule has 0 bridgehead atoms. The molecule has 0 amide bonds. The van der Waals surface area contributed by atoms with E-state index in [1.807, 2.05) is 0 Å². The average molecular weight is 841 g/mol. The molecule has 1 aromatic heterocycles. The third-order valence-electron chi connectivity index (χ3n) is 13.0. The van der Waals surface area contributed by atoms with Crippen molar-refractivity contribution in [3.63, 3.8) is 0 Å². The molecule has 310 valence electrons. The summed E-state index contributed by atoms with van der Waals surface area (Å²) in [6.45, 7) is 0. The van der Waals surface area contributed by atoms with E-state index < -0.39 is 0 Å². The van der Waals surface area contributed by atoms with Gasteiger partial charge in [0.05, 0.1) is 16.7 Å². The molecule has 11 aromatic carbocycles. The molecule has 0 aliphatic rings. The van der Waals surface area contributed by atoms with Crippen LogP contribution in [0.2, 0.25) is 0 Å². The van der Waals surface area contributed by atoms with Crippen molar-refractivity contribution in [1.29, 1.82) is 0 Å². The molecule has 0 saturated heterocycles. The van der Waals surface area contributed by atoms with Gasteiger partial charge in [0.1, 0.15) is 0 Å². The number of aromatic nitrogens is 1. The van der Waals surface area contributed by atoms with Gasteiger partial charge in [0, 0.05) is 33.4 Å². The highest BCUT2D eigenvalue weighted by atomic mass is 15.1. The lowest BCUT2D eigenvalue weighted by Crippen LogP contribution is -2.12. The normalized spacial score (nSPS) is 11.3. The average Bonchev–Trinajstić information content (AvgIpc) is 3.74. The van der Waals surface area contributed by atoms with Crippen LogP contribution in [0.25, 0.3) is 93.9 Å². The van der Waals surface area contributed by atoms with Gasteiger partial charge in [-0.3, -0.25) is 0 Å². The van der Waals surface area contributed by atoms with E-state index in [9.17, 15) is 0 Å². The van der Waals surface area contributed by atoms with E-state index in [1.54, 1.807) is 0 Å². The zero-order chi connectivity index (χ0) is 43.8. The summed E-state index contributed by atoms with van der Waals surface area (Å²) in [4.78, 5) is 2.44. The fourth-order valence-electron chi connectivity index (χ4n) is 9.96. The number of fused-ring (bicyclic) bond motifs is 4. The molecule has 0 N–H and O–H groups in total. The lowest BCUT2D eigenvalue weighted by Gasteiger charge is -2.29. The summed E-state index contributed by atoms with van der Waals surface area (Å²) >= 11 is 0. The molecule has 0 spiro atoms. The summed E-state index contributed by atoms with van der Waals surface area (Å²) in [6, 6.07) is 97.1. The minimum Gasteiger partial charge on any atom is -0.310 e. The Morgan fingerprint density at radius 2 is 0.803 bits per heavy atom. The van der Waals surface area contributed by atoms with Crippen molar-refractivity contribution >= 4 is 49.6 Å². The Kier molecular flexibility index (Phi) is 9.89. The summed E-state index contributed by atoms with van der Waals surface area (Å²) in [5, 5.41) is 4.96. The van der Waals surface area contributed by atoms with E-state index in [4.69, 9.17) is 0 Å². The molecular formula is C64H44N2. The van der Waals surface area contributed by atoms with Gasteiger partial charge in [-0.05, 0) is 115 Å². The molecule has 1 heterocycles. The second-order valence-electron chi connectivity index (χ2n) is 16.9. The number of para-hydroxylation sites is 3. The minimum absolute atomic E-state index is 1.06. The summed E-state index contributed by atoms with van der Waals surface area (Å²) in [5.74, 6) is 0. The molecule has 0 unspecified atom stereocenters. The van der Waals surface area contributed by atoms with E-state index in [0.717, 1.165) is 33.9 Å². The van der Waals surface area contributed by atoms with Gasteiger partial charge in [-0.25, -0.2) is 0 Å². The lowest BCUT2D eigenvalue weighted by molar-refractivity contribution is 1.17. The minimum atomic E-state index is 1.06. The zero-order valence-corrected chi connectivity index (χ0v) is 36.3. The van der Waals surface area contributed by atoms with Crippen LogP contribution in [-0.4, -0.2) is 4.57 Å². The highest BCUT2D eigenvalue weighted by molar-refractivity contribution is 6.09. The molecule has 0 aliphatic heterocycles. The third kappa shape index (κ3) is 6.93. The van der Waals surface area contributed by atoms with Gasteiger partial charge in [0.25, 0.3) is 0 Å². The van der Waals surface area contributed by atoms with Crippen LogP contribution in [0.5, 0.6) is 0 Å². The van der Waals surface area contributed by atoms with Gasteiger partial charge in [0.2, 0.25) is 0 Å². The smallest absolute Gasteiger partial charge is 0.0541 e. The fraction of sp³-hybridized carbons (Fsp3) is 0. The summed E-state index contributed by atoms with van der Waals surface area (Å²) in [6.07, 6.45) is 0. The molecule has 12 aromatic rings. The molecule has 66 heavy (non-hydrogen) atoms. The Morgan fingerprint density at radius 3 is 1.53 bits per heavy atom. The van der Waals surface area contributed by atoms with Gasteiger partial charge < -0.3 is 9.47 Å². The topological polar surface area (TPSA) is 8.17 Å². The van der Waals surface area contributed by atoms with Crippen molar-refractivity contribution in [1.82, 2.24) is 4.57 Å². The summed E-state index contributed by atoms with van der Waals surface area (Å²) < 4.78 is 2.41. The van der Waals surface area contributed by atoms with Crippen molar-refractivity contribution in [2.24, 2.45) is 0 Å². The van der Waals surface area contributed by atoms with Crippen molar-refractivity contribution in [2.45, 2.75) is 0 Å². The number of nitrogens with zero attached hydrogens (tertiary/aromatic N) is 2. The third-order valence-corrected chi connectivity index (χ3v) is 13.0.